The Hall–Kier alpha value is -2.86. The molecule has 0 fully saturated rings. The lowest BCUT2D eigenvalue weighted by molar-refractivity contribution is -0.118. The lowest BCUT2D eigenvalue weighted by atomic mass is 10.1. The van der Waals surface area contributed by atoms with Crippen molar-refractivity contribution >= 4 is 28.6 Å². The van der Waals surface area contributed by atoms with Crippen molar-refractivity contribution in [3.8, 4) is 17.0 Å². The third kappa shape index (κ3) is 3.47. The molecule has 1 aliphatic heterocycles. The molecule has 3 aromatic rings. The third-order valence-electron chi connectivity index (χ3n) is 4.75. The summed E-state index contributed by atoms with van der Waals surface area (Å²) in [7, 11) is 0. The first kappa shape index (κ1) is 18.5. The van der Waals surface area contributed by atoms with Crippen molar-refractivity contribution in [1.29, 1.82) is 0 Å². The van der Waals surface area contributed by atoms with Crippen LogP contribution in [0.25, 0.3) is 11.3 Å². The van der Waals surface area contributed by atoms with Crippen molar-refractivity contribution < 1.29 is 9.53 Å². The summed E-state index contributed by atoms with van der Waals surface area (Å²) in [6.45, 7) is 8.54. The molecular formula is C22H23N3O2S. The Kier molecular flexibility index (Phi) is 4.81. The number of ether oxygens (including phenoxy) is 1. The van der Waals surface area contributed by atoms with E-state index < -0.39 is 0 Å². The molecule has 4 rings (SSSR count). The van der Waals surface area contributed by atoms with Crippen LogP contribution in [0, 0.1) is 13.8 Å². The lowest BCUT2D eigenvalue weighted by Gasteiger charge is -2.19. The van der Waals surface area contributed by atoms with E-state index in [0.717, 1.165) is 27.3 Å². The largest absolute Gasteiger partial charge is 0.482 e. The summed E-state index contributed by atoms with van der Waals surface area (Å²) < 4.78 is 7.71. The van der Waals surface area contributed by atoms with Crippen molar-refractivity contribution in [2.75, 3.05) is 11.9 Å². The van der Waals surface area contributed by atoms with E-state index in [9.17, 15) is 4.79 Å². The monoisotopic (exact) mass is 393 g/mol. The van der Waals surface area contributed by atoms with E-state index in [0.29, 0.717) is 11.4 Å². The smallest absolute Gasteiger partial charge is 0.262 e. The molecule has 0 bridgehead atoms. The van der Waals surface area contributed by atoms with Gasteiger partial charge in [0, 0.05) is 17.0 Å². The number of carbonyl (C=O) groups excluding carboxylic acids is 1. The van der Waals surface area contributed by atoms with Crippen LogP contribution in [-0.4, -0.2) is 17.1 Å². The minimum Gasteiger partial charge on any atom is -0.482 e. The fourth-order valence-corrected chi connectivity index (χ4v) is 4.34. The first-order valence-electron chi connectivity index (χ1n) is 9.31. The van der Waals surface area contributed by atoms with Crippen LogP contribution < -0.4 is 14.9 Å². The minimum atomic E-state index is -0.127. The fraction of sp³-hybridized carbons (Fsp3) is 0.273. The molecule has 0 spiro atoms. The predicted octanol–water partition coefficient (Wildman–Crippen LogP) is 4.98. The van der Waals surface area contributed by atoms with Crippen LogP contribution in [0.4, 0.5) is 11.4 Å². The van der Waals surface area contributed by atoms with Gasteiger partial charge in [0.1, 0.15) is 5.75 Å². The number of amides is 1. The number of rotatable bonds is 3. The number of carbonyl (C=O) groups is 1. The standard InChI is InChI=1S/C22H23N3O2S/c1-13(2)25-19(16-7-8-20-18(10-16)23-21(26)11-27-20)12-28-22(25)24-17-9-14(3)5-6-15(17)4/h5-10,12-13H,11H2,1-4H3,(H,23,26). The van der Waals surface area contributed by atoms with Crippen molar-refractivity contribution in [3.63, 3.8) is 0 Å². The average Bonchev–Trinajstić information content (AvgIpc) is 3.08. The van der Waals surface area contributed by atoms with Crippen LogP contribution in [0.15, 0.2) is 46.8 Å². The number of fused-ring (bicyclic) bond motifs is 1. The first-order valence-corrected chi connectivity index (χ1v) is 10.2. The van der Waals surface area contributed by atoms with Crippen molar-refractivity contribution in [2.45, 2.75) is 33.7 Å². The zero-order valence-corrected chi connectivity index (χ0v) is 17.3. The molecule has 28 heavy (non-hydrogen) atoms. The number of thiazole rings is 1. The summed E-state index contributed by atoms with van der Waals surface area (Å²) in [6.07, 6.45) is 0. The molecular weight excluding hydrogens is 370 g/mol. The second-order valence-corrected chi connectivity index (χ2v) is 8.15. The number of hydrogen-bond donors (Lipinski definition) is 1. The number of nitrogens with zero attached hydrogens (tertiary/aromatic N) is 2. The van der Waals surface area contributed by atoms with Crippen LogP contribution in [0.5, 0.6) is 5.75 Å². The Balaban J connectivity index is 1.84. The van der Waals surface area contributed by atoms with E-state index in [1.54, 1.807) is 11.3 Å². The second-order valence-electron chi connectivity index (χ2n) is 7.32. The van der Waals surface area contributed by atoms with Gasteiger partial charge in [0.2, 0.25) is 0 Å². The van der Waals surface area contributed by atoms with Crippen LogP contribution in [0.2, 0.25) is 0 Å². The van der Waals surface area contributed by atoms with E-state index in [-0.39, 0.29) is 18.6 Å². The molecule has 144 valence electrons. The maximum absolute atomic E-state index is 11.7. The highest BCUT2D eigenvalue weighted by Gasteiger charge is 2.18. The summed E-state index contributed by atoms with van der Waals surface area (Å²) in [5, 5.41) is 5.01. The first-order chi connectivity index (χ1) is 13.4. The second kappa shape index (κ2) is 7.28. The zero-order chi connectivity index (χ0) is 19.8. The number of benzene rings is 2. The molecule has 1 aromatic heterocycles. The van der Waals surface area contributed by atoms with E-state index in [2.05, 4.69) is 61.2 Å². The van der Waals surface area contributed by atoms with Crippen molar-refractivity contribution in [1.82, 2.24) is 4.57 Å². The number of anilines is 1. The average molecular weight is 394 g/mol. The van der Waals surface area contributed by atoms with Gasteiger partial charge in [-0.15, -0.1) is 11.3 Å². The zero-order valence-electron chi connectivity index (χ0n) is 16.4. The molecule has 0 radical (unpaired) electrons. The maximum Gasteiger partial charge on any atom is 0.262 e. The highest BCUT2D eigenvalue weighted by Crippen LogP contribution is 2.33. The molecule has 1 N–H and O–H groups in total. The number of hydrogen-bond acceptors (Lipinski definition) is 4. The van der Waals surface area contributed by atoms with Gasteiger partial charge in [-0.2, -0.15) is 0 Å². The van der Waals surface area contributed by atoms with Crippen LogP contribution in [0.1, 0.15) is 31.0 Å². The van der Waals surface area contributed by atoms with Gasteiger partial charge in [-0.3, -0.25) is 4.79 Å². The van der Waals surface area contributed by atoms with Crippen molar-refractivity contribution in [3.05, 3.63) is 57.7 Å². The molecule has 2 aromatic carbocycles. The Morgan fingerprint density at radius 3 is 2.79 bits per heavy atom. The van der Waals surface area contributed by atoms with E-state index in [4.69, 9.17) is 9.73 Å². The molecule has 1 aliphatic rings. The molecule has 5 nitrogen and oxygen atoms in total. The fourth-order valence-electron chi connectivity index (χ4n) is 3.30. The third-order valence-corrected chi connectivity index (χ3v) is 5.59. The van der Waals surface area contributed by atoms with Gasteiger partial charge in [0.05, 0.1) is 17.1 Å². The summed E-state index contributed by atoms with van der Waals surface area (Å²) in [4.78, 5) is 17.6. The lowest BCUT2D eigenvalue weighted by Crippen LogP contribution is -2.25. The predicted molar refractivity (Wildman–Crippen MR) is 113 cm³/mol. The molecule has 0 aliphatic carbocycles. The molecule has 6 heteroatoms. The molecule has 0 unspecified atom stereocenters. The molecule has 0 saturated carbocycles. The highest BCUT2D eigenvalue weighted by atomic mass is 32.1. The van der Waals surface area contributed by atoms with Crippen molar-refractivity contribution in [2.24, 2.45) is 4.99 Å². The van der Waals surface area contributed by atoms with Gasteiger partial charge in [0.15, 0.2) is 11.4 Å². The summed E-state index contributed by atoms with van der Waals surface area (Å²) in [5.74, 6) is 0.576. The summed E-state index contributed by atoms with van der Waals surface area (Å²) in [6, 6.07) is 12.5. The topological polar surface area (TPSA) is 55.6 Å². The van der Waals surface area contributed by atoms with Gasteiger partial charge in [-0.05, 0) is 63.1 Å². The summed E-state index contributed by atoms with van der Waals surface area (Å²) >= 11 is 1.62. The minimum absolute atomic E-state index is 0.0651. The Morgan fingerprint density at radius 1 is 1.18 bits per heavy atom. The number of aryl methyl sites for hydroxylation is 2. The quantitative estimate of drug-likeness (QED) is 0.682. The van der Waals surface area contributed by atoms with Crippen LogP contribution in [0.3, 0.4) is 0 Å². The molecule has 2 heterocycles. The normalized spacial score (nSPS) is 14.0. The molecule has 0 atom stereocenters. The van der Waals surface area contributed by atoms with Crippen LogP contribution in [-0.2, 0) is 4.79 Å². The van der Waals surface area contributed by atoms with Gasteiger partial charge in [-0.1, -0.05) is 12.1 Å². The van der Waals surface area contributed by atoms with Gasteiger partial charge < -0.3 is 14.6 Å². The Morgan fingerprint density at radius 2 is 2.00 bits per heavy atom. The highest BCUT2D eigenvalue weighted by molar-refractivity contribution is 7.07. The van der Waals surface area contributed by atoms with Crippen LogP contribution >= 0.6 is 11.3 Å². The van der Waals surface area contributed by atoms with Gasteiger partial charge in [0.25, 0.3) is 5.91 Å². The van der Waals surface area contributed by atoms with Gasteiger partial charge >= 0.3 is 0 Å². The van der Waals surface area contributed by atoms with E-state index in [1.807, 2.05) is 18.2 Å². The van der Waals surface area contributed by atoms with E-state index in [1.165, 1.54) is 5.56 Å². The van der Waals surface area contributed by atoms with Gasteiger partial charge in [-0.25, -0.2) is 4.99 Å². The SMILES string of the molecule is Cc1ccc(C)c(N=c2scc(-c3ccc4c(c3)NC(=O)CO4)n2C(C)C)c1. The Labute approximate surface area is 168 Å². The maximum atomic E-state index is 11.7. The molecule has 0 saturated heterocycles. The van der Waals surface area contributed by atoms with E-state index >= 15 is 0 Å². The summed E-state index contributed by atoms with van der Waals surface area (Å²) in [5.41, 5.74) is 6.16. The molecule has 1 amide bonds. The number of aromatic nitrogens is 1. The number of nitrogens with one attached hydrogen (secondary N) is 1. The Bertz CT molecular complexity index is 1130.